The molecule has 0 aliphatic heterocycles. The van der Waals surface area contributed by atoms with E-state index < -0.39 is 8.25 Å². The van der Waals surface area contributed by atoms with Crippen LogP contribution in [0.4, 0.5) is 0 Å². The van der Waals surface area contributed by atoms with E-state index in [0.29, 0.717) is 13.0 Å². The van der Waals surface area contributed by atoms with Crippen molar-refractivity contribution in [3.63, 3.8) is 0 Å². The van der Waals surface area contributed by atoms with Crippen LogP contribution in [-0.4, -0.2) is 36.9 Å². The molecule has 0 radical (unpaired) electrons. The largest absolute Gasteiger partial charge is 0.566 e. The Morgan fingerprint density at radius 1 is 0.892 bits per heavy atom. The molecule has 0 aliphatic rings. The minimum atomic E-state index is -2.75. The fraction of sp³-hybridized carbons (Fsp3) is 0.759. The average molecular weight is 542 g/mol. The Labute approximate surface area is 226 Å². The van der Waals surface area contributed by atoms with Gasteiger partial charge in [-0.2, -0.15) is 0 Å². The molecule has 37 heavy (non-hydrogen) atoms. The Morgan fingerprint density at radius 3 is 2.03 bits per heavy atom. The standard InChI is InChI=1S/C20H41NO2.C9H11O4P/c1-3-5-7-9-10-11-12-13-15-17-20(23)21-19(18-22)16-14-8-6-4-2;10-14(11)13-7-6-12-8-9-4-2-1-3-5-9/h19,22H,3-18H2,1-2H3,(H,21,23);1-5H,6-8H2. The van der Waals surface area contributed by atoms with Gasteiger partial charge in [-0.1, -0.05) is 121 Å². The van der Waals surface area contributed by atoms with Gasteiger partial charge in [0.1, 0.15) is 6.61 Å². The maximum Gasteiger partial charge on any atom is 0.488 e. The minimum absolute atomic E-state index is 0.0436. The van der Waals surface area contributed by atoms with Gasteiger partial charge in [0, 0.05) is 6.42 Å². The van der Waals surface area contributed by atoms with Crippen LogP contribution < -0.4 is 10.2 Å². The van der Waals surface area contributed by atoms with Crippen LogP contribution in [0.15, 0.2) is 30.3 Å². The van der Waals surface area contributed by atoms with Crippen molar-refractivity contribution in [1.82, 2.24) is 5.32 Å². The maximum absolute atomic E-state index is 11.9. The summed E-state index contributed by atoms with van der Waals surface area (Å²) in [6.07, 6.45) is 17.7. The van der Waals surface area contributed by atoms with Gasteiger partial charge < -0.3 is 20.1 Å². The molecule has 2 unspecified atom stereocenters. The highest BCUT2D eigenvalue weighted by atomic mass is 31.1. The van der Waals surface area contributed by atoms with E-state index in [0.717, 1.165) is 31.2 Å². The van der Waals surface area contributed by atoms with E-state index in [9.17, 15) is 19.4 Å². The van der Waals surface area contributed by atoms with E-state index >= 15 is 0 Å². The Morgan fingerprint density at radius 2 is 1.46 bits per heavy atom. The Hall–Kier alpha value is -1.37. The number of amides is 1. The molecule has 2 atom stereocenters. The predicted octanol–water partition coefficient (Wildman–Crippen LogP) is 6.59. The molecular weight excluding hydrogens is 489 g/mol. The molecule has 0 saturated carbocycles. The van der Waals surface area contributed by atoms with Gasteiger partial charge in [0.25, 0.3) is 0 Å². The lowest BCUT2D eigenvalue weighted by atomic mass is 10.1. The molecule has 1 aromatic rings. The molecule has 1 rings (SSSR count). The topological polar surface area (TPSA) is 108 Å². The number of aliphatic hydroxyl groups is 1. The van der Waals surface area contributed by atoms with Gasteiger partial charge in [-0.15, -0.1) is 4.52 Å². The molecule has 8 heteroatoms. The zero-order chi connectivity index (χ0) is 27.4. The van der Waals surface area contributed by atoms with Crippen molar-refractivity contribution in [1.29, 1.82) is 0 Å². The first-order chi connectivity index (χ1) is 18.0. The summed E-state index contributed by atoms with van der Waals surface area (Å²) < 4.78 is 19.5. The van der Waals surface area contributed by atoms with Crippen molar-refractivity contribution in [2.24, 2.45) is 0 Å². The summed E-state index contributed by atoms with van der Waals surface area (Å²) in [5.74, 6) is 0.113. The van der Waals surface area contributed by atoms with Gasteiger partial charge in [-0.25, -0.2) is 0 Å². The molecule has 0 spiro atoms. The molecule has 0 aliphatic carbocycles. The van der Waals surface area contributed by atoms with Crippen LogP contribution in [-0.2, 0) is 25.2 Å². The Bertz CT molecular complexity index is 647. The number of rotatable bonds is 23. The summed E-state index contributed by atoms with van der Waals surface area (Å²) in [6, 6.07) is 9.60. The van der Waals surface area contributed by atoms with Gasteiger partial charge in [-0.3, -0.25) is 4.79 Å². The highest BCUT2D eigenvalue weighted by Gasteiger charge is 2.10. The van der Waals surface area contributed by atoms with Crippen LogP contribution in [0.1, 0.15) is 116 Å². The summed E-state index contributed by atoms with van der Waals surface area (Å²) in [5, 5.41) is 12.3. The number of nitrogens with one attached hydrogen (secondary N) is 1. The molecule has 0 heterocycles. The van der Waals surface area contributed by atoms with Crippen molar-refractivity contribution >= 4 is 14.2 Å². The minimum Gasteiger partial charge on any atom is -0.566 e. The molecule has 0 fully saturated rings. The number of ether oxygens (including phenoxy) is 1. The van der Waals surface area contributed by atoms with E-state index in [-0.39, 0.29) is 31.8 Å². The van der Waals surface area contributed by atoms with E-state index in [1.807, 2.05) is 30.3 Å². The van der Waals surface area contributed by atoms with Crippen molar-refractivity contribution in [2.45, 2.75) is 123 Å². The lowest BCUT2D eigenvalue weighted by molar-refractivity contribution is -0.186. The zero-order valence-electron chi connectivity index (χ0n) is 23.3. The molecule has 0 aromatic heterocycles. The Balaban J connectivity index is 0.000000785. The van der Waals surface area contributed by atoms with Gasteiger partial charge in [0.15, 0.2) is 0 Å². The van der Waals surface area contributed by atoms with Gasteiger partial charge in [0.2, 0.25) is 5.91 Å². The van der Waals surface area contributed by atoms with Gasteiger partial charge in [-0.05, 0) is 23.0 Å². The van der Waals surface area contributed by atoms with Crippen molar-refractivity contribution in [3.8, 4) is 0 Å². The number of hydrogen-bond donors (Lipinski definition) is 2. The summed E-state index contributed by atoms with van der Waals surface area (Å²) in [7, 11) is -2.75. The molecule has 2 N–H and O–H groups in total. The normalized spacial score (nSPS) is 11.9. The van der Waals surface area contributed by atoms with Gasteiger partial charge >= 0.3 is 8.25 Å². The first-order valence-corrected chi connectivity index (χ1v) is 15.4. The molecule has 0 saturated heterocycles. The molecular formula is C29H52NO6P. The fourth-order valence-corrected chi connectivity index (χ4v) is 4.08. The third-order valence-corrected chi connectivity index (χ3v) is 6.43. The smallest absolute Gasteiger partial charge is 0.488 e. The van der Waals surface area contributed by atoms with Crippen molar-refractivity contribution in [2.75, 3.05) is 19.8 Å². The number of hydrogen-bond acceptors (Lipinski definition) is 6. The monoisotopic (exact) mass is 541 g/mol. The van der Waals surface area contributed by atoms with Crippen LogP contribution in [0.25, 0.3) is 0 Å². The third kappa shape index (κ3) is 26.0. The molecule has 1 aromatic carbocycles. The van der Waals surface area contributed by atoms with Crippen LogP contribution in [0.5, 0.6) is 0 Å². The predicted molar refractivity (Wildman–Crippen MR) is 149 cm³/mol. The number of benzene rings is 1. The SMILES string of the molecule is CCCCCCCCCCCC(=O)NC(CO)CCCCCC.O=[P+]([O-])OCCOCc1ccccc1. The number of carbonyl (C=O) groups excluding carboxylic acids is 1. The second-order valence-electron chi connectivity index (χ2n) is 9.47. The third-order valence-electron chi connectivity index (χ3n) is 6.03. The van der Waals surface area contributed by atoms with Crippen LogP contribution in [0, 0.1) is 0 Å². The van der Waals surface area contributed by atoms with Crippen molar-refractivity contribution < 1.29 is 28.6 Å². The lowest BCUT2D eigenvalue weighted by Gasteiger charge is -2.16. The Kier molecular flexibility index (Phi) is 26.6. The van der Waals surface area contributed by atoms with E-state index in [1.165, 1.54) is 64.2 Å². The van der Waals surface area contributed by atoms with Crippen LogP contribution in [0.2, 0.25) is 0 Å². The fourth-order valence-electron chi connectivity index (χ4n) is 3.86. The zero-order valence-corrected chi connectivity index (χ0v) is 24.2. The molecule has 214 valence electrons. The van der Waals surface area contributed by atoms with E-state index in [1.54, 1.807) is 0 Å². The highest BCUT2D eigenvalue weighted by molar-refractivity contribution is 7.30. The number of unbranched alkanes of at least 4 members (excludes halogenated alkanes) is 11. The summed E-state index contributed by atoms with van der Waals surface area (Å²) in [4.78, 5) is 21.9. The molecule has 1 amide bonds. The van der Waals surface area contributed by atoms with Gasteiger partial charge in [0.05, 0.1) is 25.9 Å². The van der Waals surface area contributed by atoms with Crippen molar-refractivity contribution in [3.05, 3.63) is 35.9 Å². The number of aliphatic hydroxyl groups excluding tert-OH is 1. The first-order valence-electron chi connectivity index (χ1n) is 14.3. The van der Waals surface area contributed by atoms with E-state index in [2.05, 4.69) is 23.7 Å². The second-order valence-corrected chi connectivity index (χ2v) is 10.2. The maximum atomic E-state index is 11.9. The first kappa shape index (κ1) is 35.6. The average Bonchev–Trinajstić information content (AvgIpc) is 2.90. The van der Waals surface area contributed by atoms with Crippen LogP contribution in [0.3, 0.4) is 0 Å². The summed E-state index contributed by atoms with van der Waals surface area (Å²) >= 11 is 0. The van der Waals surface area contributed by atoms with Crippen LogP contribution >= 0.6 is 8.25 Å². The molecule has 0 bridgehead atoms. The summed E-state index contributed by atoms with van der Waals surface area (Å²) in [6.45, 7) is 5.33. The second kappa shape index (κ2) is 27.7. The van der Waals surface area contributed by atoms with E-state index in [4.69, 9.17) is 4.74 Å². The quantitative estimate of drug-likeness (QED) is 0.119. The highest BCUT2D eigenvalue weighted by Crippen LogP contribution is 2.11. The molecule has 7 nitrogen and oxygen atoms in total. The summed E-state index contributed by atoms with van der Waals surface area (Å²) in [5.41, 5.74) is 1.05. The number of carbonyl (C=O) groups is 1. The lowest BCUT2D eigenvalue weighted by Crippen LogP contribution is -2.37.